The lowest BCUT2D eigenvalue weighted by Gasteiger charge is -2.15. The summed E-state index contributed by atoms with van der Waals surface area (Å²) in [5, 5.41) is 0. The molecule has 0 aliphatic rings. The summed E-state index contributed by atoms with van der Waals surface area (Å²) >= 11 is 0. The highest BCUT2D eigenvalue weighted by atomic mass is 32.2. The number of benzene rings is 1. The van der Waals surface area contributed by atoms with E-state index in [9.17, 15) is 8.42 Å². The highest BCUT2D eigenvalue weighted by Crippen LogP contribution is 2.26. The zero-order chi connectivity index (χ0) is 21.3. The molecule has 0 amide bonds. The highest BCUT2D eigenvalue weighted by molar-refractivity contribution is 7.90. The van der Waals surface area contributed by atoms with E-state index in [1.807, 2.05) is 19.1 Å². The van der Waals surface area contributed by atoms with Gasteiger partial charge >= 0.3 is 0 Å². The van der Waals surface area contributed by atoms with Crippen LogP contribution in [0.15, 0.2) is 35.2 Å². The first-order valence-corrected chi connectivity index (χ1v) is 12.9. The van der Waals surface area contributed by atoms with E-state index in [1.165, 1.54) is 32.1 Å². The van der Waals surface area contributed by atoms with Crippen molar-refractivity contribution in [2.45, 2.75) is 103 Å². The fraction of sp³-hybridized carbons (Fsp3) is 0.600. The zero-order valence-corrected chi connectivity index (χ0v) is 19.7. The van der Waals surface area contributed by atoms with Gasteiger partial charge in [0.1, 0.15) is 0 Å². The number of unbranched alkanes of at least 4 members (excludes halogenated alkanes) is 7. The van der Waals surface area contributed by atoms with E-state index >= 15 is 0 Å². The summed E-state index contributed by atoms with van der Waals surface area (Å²) in [6, 6.07) is 9.35. The van der Waals surface area contributed by atoms with Gasteiger partial charge in [-0.25, -0.2) is 12.4 Å². The summed E-state index contributed by atoms with van der Waals surface area (Å²) in [6.07, 6.45) is 12.2. The number of rotatable bonds is 13. The Kier molecular flexibility index (Phi) is 9.48. The molecule has 162 valence electrons. The molecule has 1 heterocycles. The number of aryl methyl sites for hydroxylation is 3. The van der Waals surface area contributed by atoms with E-state index in [1.54, 1.807) is 16.1 Å². The molecule has 0 spiro atoms. The first kappa shape index (κ1) is 23.7. The molecule has 0 unspecified atom stereocenters. The van der Waals surface area contributed by atoms with Gasteiger partial charge in [-0.2, -0.15) is 0 Å². The molecule has 0 N–H and O–H groups in total. The summed E-state index contributed by atoms with van der Waals surface area (Å²) < 4.78 is 28.8. The Morgan fingerprint density at radius 2 is 1.31 bits per heavy atom. The van der Waals surface area contributed by atoms with Gasteiger partial charge in [-0.1, -0.05) is 76.5 Å². The van der Waals surface area contributed by atoms with Crippen molar-refractivity contribution in [1.82, 2.24) is 3.97 Å². The number of hydrogen-bond acceptors (Lipinski definition) is 2. The molecule has 1 aromatic carbocycles. The predicted molar refractivity (Wildman–Crippen MR) is 123 cm³/mol. The molecule has 2 rings (SSSR count). The van der Waals surface area contributed by atoms with E-state index in [2.05, 4.69) is 26.8 Å². The maximum absolute atomic E-state index is 13.6. The van der Waals surface area contributed by atoms with Crippen LogP contribution >= 0.6 is 0 Å². The molecule has 0 fully saturated rings. The van der Waals surface area contributed by atoms with E-state index in [0.717, 1.165) is 61.0 Å². The minimum Gasteiger partial charge on any atom is -0.242 e. The van der Waals surface area contributed by atoms with Crippen molar-refractivity contribution < 1.29 is 8.42 Å². The first-order chi connectivity index (χ1) is 13.9. The minimum atomic E-state index is -3.57. The third-order valence-corrected chi connectivity index (χ3v) is 7.51. The summed E-state index contributed by atoms with van der Waals surface area (Å²) in [7, 11) is -3.57. The Balaban J connectivity index is 2.31. The lowest BCUT2D eigenvalue weighted by atomic mass is 10.1. The molecule has 3 nitrogen and oxygen atoms in total. The maximum Gasteiger partial charge on any atom is 0.268 e. The van der Waals surface area contributed by atoms with Crippen LogP contribution in [0.2, 0.25) is 0 Å². The van der Waals surface area contributed by atoms with Gasteiger partial charge in [0.25, 0.3) is 10.0 Å². The first-order valence-electron chi connectivity index (χ1n) is 11.4. The van der Waals surface area contributed by atoms with Gasteiger partial charge in [0, 0.05) is 11.4 Å². The summed E-state index contributed by atoms with van der Waals surface area (Å²) in [4.78, 5) is 0.389. The molecule has 29 heavy (non-hydrogen) atoms. The van der Waals surface area contributed by atoms with E-state index in [-0.39, 0.29) is 0 Å². The largest absolute Gasteiger partial charge is 0.268 e. The standard InChI is InChI=1S/C25H39NO2S/c1-5-7-9-10-11-13-15-25-22(4)20-23(14-12-8-6-2)26(25)29(27,28)24-18-16-21(3)17-19-24/h16-20H,5-15H2,1-4H3. The Morgan fingerprint density at radius 1 is 0.759 bits per heavy atom. The summed E-state index contributed by atoms with van der Waals surface area (Å²) in [5.41, 5.74) is 4.11. The van der Waals surface area contributed by atoms with Crippen LogP contribution in [-0.4, -0.2) is 12.4 Å². The van der Waals surface area contributed by atoms with Crippen LogP contribution in [0.3, 0.4) is 0 Å². The van der Waals surface area contributed by atoms with Crippen molar-refractivity contribution in [1.29, 1.82) is 0 Å². The lowest BCUT2D eigenvalue weighted by Crippen LogP contribution is -2.19. The van der Waals surface area contributed by atoms with Crippen molar-refractivity contribution in [3.63, 3.8) is 0 Å². The molecule has 0 bridgehead atoms. The van der Waals surface area contributed by atoms with Crippen LogP contribution in [0.25, 0.3) is 0 Å². The second-order valence-electron chi connectivity index (χ2n) is 8.32. The Labute approximate surface area is 178 Å². The normalized spacial score (nSPS) is 11.9. The van der Waals surface area contributed by atoms with Crippen molar-refractivity contribution in [2.24, 2.45) is 0 Å². The Hall–Kier alpha value is -1.55. The molecule has 0 saturated carbocycles. The van der Waals surface area contributed by atoms with Gasteiger partial charge in [0.05, 0.1) is 4.90 Å². The van der Waals surface area contributed by atoms with Crippen molar-refractivity contribution >= 4 is 10.0 Å². The van der Waals surface area contributed by atoms with Crippen molar-refractivity contribution in [2.75, 3.05) is 0 Å². The van der Waals surface area contributed by atoms with Gasteiger partial charge < -0.3 is 0 Å². The topological polar surface area (TPSA) is 39.1 Å². The van der Waals surface area contributed by atoms with Crippen LogP contribution in [-0.2, 0) is 22.9 Å². The number of aromatic nitrogens is 1. The molecule has 0 aliphatic heterocycles. The molecule has 0 saturated heterocycles. The van der Waals surface area contributed by atoms with Gasteiger partial charge in [-0.15, -0.1) is 0 Å². The fourth-order valence-electron chi connectivity index (χ4n) is 3.94. The van der Waals surface area contributed by atoms with Gasteiger partial charge in [-0.05, 0) is 63.3 Å². The smallest absolute Gasteiger partial charge is 0.242 e. The molecule has 0 radical (unpaired) electrons. The molecule has 0 atom stereocenters. The maximum atomic E-state index is 13.6. The summed E-state index contributed by atoms with van der Waals surface area (Å²) in [6.45, 7) is 8.46. The zero-order valence-electron chi connectivity index (χ0n) is 18.8. The van der Waals surface area contributed by atoms with Crippen LogP contribution in [0.4, 0.5) is 0 Å². The molecular formula is C25H39NO2S. The number of hydrogen-bond donors (Lipinski definition) is 0. The van der Waals surface area contributed by atoms with Crippen LogP contribution in [0.5, 0.6) is 0 Å². The van der Waals surface area contributed by atoms with E-state index in [4.69, 9.17) is 0 Å². The van der Waals surface area contributed by atoms with Crippen LogP contribution in [0, 0.1) is 13.8 Å². The Bertz CT molecular complexity index is 848. The molecular weight excluding hydrogens is 378 g/mol. The predicted octanol–water partition coefficient (Wildman–Crippen LogP) is 6.98. The monoisotopic (exact) mass is 417 g/mol. The third-order valence-electron chi connectivity index (χ3n) is 5.71. The summed E-state index contributed by atoms with van der Waals surface area (Å²) in [5.74, 6) is 0. The average Bonchev–Trinajstić information content (AvgIpc) is 3.01. The molecule has 2 aromatic rings. The molecule has 1 aromatic heterocycles. The lowest BCUT2D eigenvalue weighted by molar-refractivity contribution is 0.574. The van der Waals surface area contributed by atoms with Crippen molar-refractivity contribution in [3.8, 4) is 0 Å². The van der Waals surface area contributed by atoms with Crippen molar-refractivity contribution in [3.05, 3.63) is 52.8 Å². The average molecular weight is 418 g/mol. The molecule has 4 heteroatoms. The van der Waals surface area contributed by atoms with Crippen LogP contribution < -0.4 is 0 Å². The molecule has 0 aliphatic carbocycles. The number of nitrogens with zero attached hydrogens (tertiary/aromatic N) is 1. The van der Waals surface area contributed by atoms with Gasteiger partial charge in [-0.3, -0.25) is 0 Å². The van der Waals surface area contributed by atoms with Gasteiger partial charge in [0.2, 0.25) is 0 Å². The minimum absolute atomic E-state index is 0.389. The van der Waals surface area contributed by atoms with Crippen LogP contribution in [0.1, 0.15) is 94.1 Å². The second kappa shape index (κ2) is 11.6. The fourth-order valence-corrected chi connectivity index (χ4v) is 5.61. The van der Waals surface area contributed by atoms with E-state index < -0.39 is 10.0 Å². The highest BCUT2D eigenvalue weighted by Gasteiger charge is 2.24. The van der Waals surface area contributed by atoms with Gasteiger partial charge in [0.15, 0.2) is 0 Å². The third kappa shape index (κ3) is 6.47. The quantitative estimate of drug-likeness (QED) is 0.330. The SMILES string of the molecule is CCCCCCCCc1c(C)cc(CCCCC)n1S(=O)(=O)c1ccc(C)cc1. The second-order valence-corrected chi connectivity index (χ2v) is 10.1. The van der Waals surface area contributed by atoms with E-state index in [0.29, 0.717) is 4.90 Å². The Morgan fingerprint density at radius 3 is 1.97 bits per heavy atom.